The van der Waals surface area contributed by atoms with E-state index in [1.54, 1.807) is 0 Å². The van der Waals surface area contributed by atoms with E-state index in [-0.39, 0.29) is 121 Å². The molecule has 9 nitrogen and oxygen atoms in total. The summed E-state index contributed by atoms with van der Waals surface area (Å²) in [7, 11) is 0. The summed E-state index contributed by atoms with van der Waals surface area (Å²) in [4.78, 5) is 33.8. The van der Waals surface area contributed by atoms with Gasteiger partial charge in [-0.25, -0.2) is 0 Å². The lowest BCUT2D eigenvalue weighted by Crippen LogP contribution is -2.23. The molecular formula is C21H63N3O6. The molecule has 0 aliphatic heterocycles. The van der Waals surface area contributed by atoms with Gasteiger partial charge in [0, 0.05) is 19.3 Å². The van der Waals surface area contributed by atoms with Crippen LogP contribution in [-0.2, 0) is 28.6 Å². The van der Waals surface area contributed by atoms with E-state index in [9.17, 15) is 14.4 Å². The second kappa shape index (κ2) is 50.7. The quantitative estimate of drug-likeness (QED) is 0.244. The van der Waals surface area contributed by atoms with Crippen molar-refractivity contribution >= 4 is 17.9 Å². The van der Waals surface area contributed by atoms with Crippen molar-refractivity contribution in [1.82, 2.24) is 0 Å². The second-order valence-corrected chi connectivity index (χ2v) is 3.53. The van der Waals surface area contributed by atoms with Crippen LogP contribution in [0.15, 0.2) is 0 Å². The monoisotopic (exact) mass is 453 g/mol. The van der Waals surface area contributed by atoms with E-state index in [0.717, 1.165) is 0 Å². The Hall–Kier alpha value is -1.71. The van der Waals surface area contributed by atoms with Gasteiger partial charge in [0.1, 0.15) is 20.2 Å². The van der Waals surface area contributed by atoms with Gasteiger partial charge in [0.25, 0.3) is 0 Å². The van der Waals surface area contributed by atoms with E-state index in [0.29, 0.717) is 0 Å². The lowest BCUT2D eigenvalue weighted by molar-refractivity contribution is -0.149. The van der Waals surface area contributed by atoms with Crippen LogP contribution in [0.3, 0.4) is 0 Å². The molecule has 0 saturated carbocycles. The molecule has 0 atom stereocenters. The third-order valence-corrected chi connectivity index (χ3v) is 2.10. The topological polar surface area (TPSA) is 157 Å². The molecule has 9 heteroatoms. The molecule has 0 unspecified atom stereocenters. The Bertz CT molecular complexity index is 270. The third-order valence-electron chi connectivity index (χ3n) is 2.10. The fraction of sp³-hybridized carbons (Fsp3) is 0.857. The molecule has 0 amide bonds. The lowest BCUT2D eigenvalue weighted by Gasteiger charge is -2.14. The SMILES string of the molecule is C.C.C.C.C.C.C.C.C.C.C.NCOC(=O)CC(CC(=O)OCN)CC(=O)OCN. The summed E-state index contributed by atoms with van der Waals surface area (Å²) in [6, 6.07) is 0. The van der Waals surface area contributed by atoms with Crippen LogP contribution in [0.1, 0.15) is 101 Å². The van der Waals surface area contributed by atoms with Gasteiger partial charge in [-0.3, -0.25) is 31.6 Å². The Morgan fingerprint density at radius 2 is 0.633 bits per heavy atom. The molecule has 0 aliphatic carbocycles. The van der Waals surface area contributed by atoms with Crippen molar-refractivity contribution in [2.75, 3.05) is 20.2 Å². The van der Waals surface area contributed by atoms with E-state index < -0.39 is 23.8 Å². The van der Waals surface area contributed by atoms with E-state index in [1.807, 2.05) is 0 Å². The zero-order valence-corrected chi connectivity index (χ0v) is 10.5. The van der Waals surface area contributed by atoms with Crippen molar-refractivity contribution < 1.29 is 28.6 Å². The summed E-state index contributed by atoms with van der Waals surface area (Å²) >= 11 is 0. The van der Waals surface area contributed by atoms with Crippen molar-refractivity contribution in [3.63, 3.8) is 0 Å². The average molecular weight is 454 g/mol. The average Bonchev–Trinajstić information content (AvgIpc) is 2.29. The molecule has 0 radical (unpaired) electrons. The Balaban J connectivity index is -0.0000000295. The van der Waals surface area contributed by atoms with Crippen molar-refractivity contribution in [2.45, 2.75) is 101 Å². The molecule has 0 aromatic rings. The lowest BCUT2D eigenvalue weighted by atomic mass is 9.97. The summed E-state index contributed by atoms with van der Waals surface area (Å²) in [5, 5.41) is 0. The van der Waals surface area contributed by atoms with Crippen LogP contribution in [0.25, 0.3) is 0 Å². The van der Waals surface area contributed by atoms with Crippen LogP contribution in [0.4, 0.5) is 0 Å². The summed E-state index contributed by atoms with van der Waals surface area (Å²) < 4.78 is 13.6. The normalized spacial score (nSPS) is 6.40. The van der Waals surface area contributed by atoms with Gasteiger partial charge in [0.15, 0.2) is 0 Å². The number of nitrogens with two attached hydrogens (primary N) is 3. The minimum absolute atomic E-state index is 0. The highest BCUT2D eigenvalue weighted by Crippen LogP contribution is 2.16. The molecule has 0 bridgehead atoms. The number of rotatable bonds is 9. The number of esters is 3. The van der Waals surface area contributed by atoms with Crippen LogP contribution in [0.2, 0.25) is 0 Å². The summed E-state index contributed by atoms with van der Waals surface area (Å²) in [6.07, 6.45) is -0.469. The van der Waals surface area contributed by atoms with Crippen molar-refractivity contribution in [2.24, 2.45) is 23.1 Å². The standard InChI is InChI=1S/C10H19N3O6.11CH4/c11-4-17-8(14)1-7(2-9(15)18-5-12)3-10(16)19-6-13;;;;;;;;;;;/h7H,1-6,11-13H2;11*1H4. The van der Waals surface area contributed by atoms with Crippen LogP contribution in [0, 0.1) is 5.92 Å². The number of carbonyl (C=O) groups excluding carboxylic acids is 3. The first kappa shape index (κ1) is 79.4. The molecule has 0 spiro atoms. The van der Waals surface area contributed by atoms with Crippen molar-refractivity contribution in [3.8, 4) is 0 Å². The maximum Gasteiger partial charge on any atom is 0.307 e. The molecule has 0 saturated heterocycles. The first-order valence-electron chi connectivity index (χ1n) is 5.60. The first-order chi connectivity index (χ1) is 9.03. The van der Waals surface area contributed by atoms with Gasteiger partial charge in [0.05, 0.1) is 0 Å². The molecule has 30 heavy (non-hydrogen) atoms. The minimum Gasteiger partial charge on any atom is -0.450 e. The largest absolute Gasteiger partial charge is 0.450 e. The van der Waals surface area contributed by atoms with Crippen LogP contribution in [-0.4, -0.2) is 38.1 Å². The van der Waals surface area contributed by atoms with Gasteiger partial charge in [-0.1, -0.05) is 81.7 Å². The fourth-order valence-corrected chi connectivity index (χ4v) is 1.38. The van der Waals surface area contributed by atoms with E-state index in [1.165, 1.54) is 0 Å². The number of ether oxygens (including phenoxy) is 3. The molecular weight excluding hydrogens is 390 g/mol. The Morgan fingerprint density at radius 1 is 0.467 bits per heavy atom. The molecule has 6 N–H and O–H groups in total. The molecule has 0 fully saturated rings. The van der Waals surface area contributed by atoms with Gasteiger partial charge < -0.3 is 14.2 Å². The summed E-state index contributed by atoms with van der Waals surface area (Å²) in [5.74, 6) is -2.46. The number of hydrogen-bond acceptors (Lipinski definition) is 9. The Morgan fingerprint density at radius 3 is 0.767 bits per heavy atom. The van der Waals surface area contributed by atoms with E-state index in [2.05, 4.69) is 14.2 Å². The Labute approximate surface area is 191 Å². The Kier molecular flexibility index (Phi) is 134. The first-order valence-corrected chi connectivity index (χ1v) is 5.60. The van der Waals surface area contributed by atoms with Gasteiger partial charge in [0.2, 0.25) is 0 Å². The van der Waals surface area contributed by atoms with Crippen LogP contribution < -0.4 is 17.2 Å². The molecule has 0 heterocycles. The van der Waals surface area contributed by atoms with E-state index in [4.69, 9.17) is 17.2 Å². The summed E-state index contributed by atoms with van der Waals surface area (Å²) in [6.45, 7) is -0.815. The van der Waals surface area contributed by atoms with Crippen LogP contribution >= 0.6 is 0 Å². The van der Waals surface area contributed by atoms with Crippen LogP contribution in [0.5, 0.6) is 0 Å². The predicted octanol–water partition coefficient (Wildman–Crippen LogP) is 5.15. The van der Waals surface area contributed by atoms with Gasteiger partial charge in [-0.05, 0) is 5.92 Å². The third kappa shape index (κ3) is 45.2. The molecule has 0 aliphatic rings. The number of carbonyl (C=O) groups is 3. The second-order valence-electron chi connectivity index (χ2n) is 3.53. The molecule has 0 aromatic heterocycles. The van der Waals surface area contributed by atoms with Crippen molar-refractivity contribution in [1.29, 1.82) is 0 Å². The predicted molar refractivity (Wildman–Crippen MR) is 137 cm³/mol. The maximum absolute atomic E-state index is 11.3. The highest BCUT2D eigenvalue weighted by molar-refractivity contribution is 5.76. The summed E-state index contributed by atoms with van der Waals surface area (Å²) in [5.41, 5.74) is 15.1. The fourth-order valence-electron chi connectivity index (χ4n) is 1.38. The van der Waals surface area contributed by atoms with E-state index >= 15 is 0 Å². The zero-order valence-electron chi connectivity index (χ0n) is 10.5. The maximum atomic E-state index is 11.3. The van der Waals surface area contributed by atoms with Gasteiger partial charge in [-0.2, -0.15) is 0 Å². The number of hydrogen-bond donors (Lipinski definition) is 3. The van der Waals surface area contributed by atoms with Crippen molar-refractivity contribution in [3.05, 3.63) is 0 Å². The minimum atomic E-state index is -0.617. The highest BCUT2D eigenvalue weighted by atomic mass is 16.5. The highest BCUT2D eigenvalue weighted by Gasteiger charge is 2.22. The zero-order chi connectivity index (χ0) is 14.7. The molecule has 0 rings (SSSR count). The smallest absolute Gasteiger partial charge is 0.307 e. The van der Waals surface area contributed by atoms with Gasteiger partial charge >= 0.3 is 17.9 Å². The molecule has 198 valence electrons. The molecule has 0 aromatic carbocycles. The van der Waals surface area contributed by atoms with Gasteiger partial charge in [-0.15, -0.1) is 0 Å².